The zero-order valence-electron chi connectivity index (χ0n) is 19.4. The molecule has 0 radical (unpaired) electrons. The highest BCUT2D eigenvalue weighted by Gasteiger charge is 2.17. The molecule has 10 heteroatoms. The first-order chi connectivity index (χ1) is 17.3. The van der Waals surface area contributed by atoms with Gasteiger partial charge in [-0.2, -0.15) is 0 Å². The molecule has 2 N–H and O–H groups in total. The number of anilines is 1. The van der Waals surface area contributed by atoms with Crippen molar-refractivity contribution < 1.29 is 22.7 Å². The van der Waals surface area contributed by atoms with Gasteiger partial charge in [-0.05, 0) is 61.9 Å². The van der Waals surface area contributed by atoms with Crippen LogP contribution in [0.2, 0.25) is 0 Å². The maximum atomic E-state index is 13.3. The summed E-state index contributed by atoms with van der Waals surface area (Å²) in [6, 6.07) is 20.5. The zero-order valence-corrected chi connectivity index (χ0v) is 20.2. The third-order valence-electron chi connectivity index (χ3n) is 5.69. The third-order valence-corrected chi connectivity index (χ3v) is 6.97. The second-order valence-corrected chi connectivity index (χ2v) is 9.70. The smallest absolute Gasteiger partial charge is 0.256 e. The van der Waals surface area contributed by atoms with Crippen molar-refractivity contribution in [3.05, 3.63) is 101 Å². The molecule has 9 nitrogen and oxygen atoms in total. The summed E-state index contributed by atoms with van der Waals surface area (Å²) in [6.45, 7) is 3.39. The number of hydrogen-bond donors (Lipinski definition) is 1. The van der Waals surface area contributed by atoms with Crippen LogP contribution in [0.1, 0.15) is 21.6 Å². The highest BCUT2D eigenvalue weighted by atomic mass is 32.2. The number of aryl methyl sites for hydroxylation is 1. The Morgan fingerprint density at radius 1 is 1.00 bits per heavy atom. The van der Waals surface area contributed by atoms with Gasteiger partial charge in [-0.25, -0.2) is 18.4 Å². The van der Waals surface area contributed by atoms with Gasteiger partial charge in [0.15, 0.2) is 6.20 Å². The Morgan fingerprint density at radius 2 is 1.75 bits per heavy atom. The van der Waals surface area contributed by atoms with E-state index in [0.717, 1.165) is 5.69 Å². The topological polar surface area (TPSA) is 130 Å². The van der Waals surface area contributed by atoms with Gasteiger partial charge >= 0.3 is 0 Å². The number of rotatable bonds is 6. The van der Waals surface area contributed by atoms with Gasteiger partial charge in [0.2, 0.25) is 5.69 Å². The lowest BCUT2D eigenvalue weighted by Crippen LogP contribution is -2.14. The molecule has 36 heavy (non-hydrogen) atoms. The minimum Gasteiger partial charge on any atom is -0.539 e. The molecule has 0 spiro atoms. The van der Waals surface area contributed by atoms with Gasteiger partial charge in [-0.15, -0.1) is 0 Å². The van der Waals surface area contributed by atoms with E-state index in [2.05, 4.69) is 25.2 Å². The number of nitrogens with zero attached hydrogens (tertiary/aromatic N) is 3. The average Bonchev–Trinajstić information content (AvgIpc) is 3.20. The SMILES string of the molecule is Cc1noc([N-]S(=O)(=O)c2ccc(NC(=O)c3cc(-c4cccc[nH+]4)nc4ccccc34)cc2)c1C. The van der Waals surface area contributed by atoms with E-state index in [1.54, 1.807) is 26.1 Å². The van der Waals surface area contributed by atoms with Crippen molar-refractivity contribution in [2.45, 2.75) is 18.7 Å². The molecule has 0 fully saturated rings. The molecule has 2 aromatic carbocycles. The Labute approximate surface area is 207 Å². The van der Waals surface area contributed by atoms with Gasteiger partial charge < -0.3 is 14.6 Å². The number of para-hydroxylation sites is 1. The molecular weight excluding hydrogens is 478 g/mol. The van der Waals surface area contributed by atoms with E-state index in [1.165, 1.54) is 24.3 Å². The first-order valence-corrected chi connectivity index (χ1v) is 12.4. The number of sulfonamides is 1. The van der Waals surface area contributed by atoms with Crippen molar-refractivity contribution in [1.29, 1.82) is 0 Å². The van der Waals surface area contributed by atoms with Gasteiger partial charge in [-0.3, -0.25) is 4.79 Å². The molecule has 5 aromatic rings. The highest BCUT2D eigenvalue weighted by molar-refractivity contribution is 7.94. The van der Waals surface area contributed by atoms with E-state index in [0.29, 0.717) is 39.1 Å². The van der Waals surface area contributed by atoms with E-state index in [-0.39, 0.29) is 16.7 Å². The number of hydrogen-bond acceptors (Lipinski definition) is 6. The number of H-pyrrole nitrogens is 1. The molecule has 180 valence electrons. The zero-order chi connectivity index (χ0) is 25.3. The molecule has 0 aliphatic rings. The highest BCUT2D eigenvalue weighted by Crippen LogP contribution is 2.32. The first-order valence-electron chi connectivity index (χ1n) is 11.0. The van der Waals surface area contributed by atoms with E-state index in [1.807, 2.05) is 42.5 Å². The van der Waals surface area contributed by atoms with Crippen molar-refractivity contribution in [1.82, 2.24) is 10.1 Å². The van der Waals surface area contributed by atoms with E-state index < -0.39 is 10.0 Å². The van der Waals surface area contributed by atoms with Gasteiger partial charge in [0.05, 0.1) is 27.6 Å². The van der Waals surface area contributed by atoms with E-state index in [4.69, 9.17) is 4.52 Å². The lowest BCUT2D eigenvalue weighted by Gasteiger charge is -2.19. The predicted molar refractivity (Wildman–Crippen MR) is 134 cm³/mol. The Bertz CT molecular complexity index is 1680. The Morgan fingerprint density at radius 3 is 2.44 bits per heavy atom. The van der Waals surface area contributed by atoms with Crippen LogP contribution in [-0.2, 0) is 10.0 Å². The van der Waals surface area contributed by atoms with Crippen LogP contribution < -0.4 is 10.3 Å². The maximum absolute atomic E-state index is 13.3. The number of aromatic amines is 1. The summed E-state index contributed by atoms with van der Waals surface area (Å²) >= 11 is 0. The number of carbonyl (C=O) groups excluding carboxylic acids is 1. The number of carbonyl (C=O) groups is 1. The second kappa shape index (κ2) is 9.23. The summed E-state index contributed by atoms with van der Waals surface area (Å²) in [5, 5.41) is 7.27. The summed E-state index contributed by atoms with van der Waals surface area (Å²) in [5.41, 5.74) is 4.07. The molecule has 5 rings (SSSR count). The average molecular weight is 500 g/mol. The predicted octanol–water partition coefficient (Wildman–Crippen LogP) is 4.97. The maximum Gasteiger partial charge on any atom is 0.256 e. The Kier molecular flexibility index (Phi) is 5.95. The largest absolute Gasteiger partial charge is 0.539 e. The molecular formula is C26H21N5O4S. The molecule has 0 bridgehead atoms. The number of aromatic nitrogens is 3. The minimum atomic E-state index is -4.02. The summed E-state index contributed by atoms with van der Waals surface area (Å²) in [7, 11) is -4.02. The van der Waals surface area contributed by atoms with Crippen molar-refractivity contribution in [2.24, 2.45) is 0 Å². The fourth-order valence-electron chi connectivity index (χ4n) is 3.61. The summed E-state index contributed by atoms with van der Waals surface area (Å²) in [6.07, 6.45) is 1.79. The fraction of sp³-hybridized carbons (Fsp3) is 0.0769. The monoisotopic (exact) mass is 499 g/mol. The van der Waals surface area contributed by atoms with Crippen LogP contribution in [0.5, 0.6) is 0 Å². The number of amides is 1. The van der Waals surface area contributed by atoms with Crippen LogP contribution >= 0.6 is 0 Å². The van der Waals surface area contributed by atoms with Gasteiger partial charge in [0, 0.05) is 23.2 Å². The molecule has 0 saturated carbocycles. The van der Waals surface area contributed by atoms with Crippen LogP contribution in [0.3, 0.4) is 0 Å². The van der Waals surface area contributed by atoms with Crippen molar-refractivity contribution in [2.75, 3.05) is 5.32 Å². The normalized spacial score (nSPS) is 11.4. The number of nitrogens with one attached hydrogen (secondary N) is 2. The van der Waals surface area contributed by atoms with Gasteiger partial charge in [-0.1, -0.05) is 23.4 Å². The van der Waals surface area contributed by atoms with Gasteiger partial charge in [0.1, 0.15) is 15.7 Å². The molecule has 0 unspecified atom stereocenters. The molecule has 0 saturated heterocycles. The van der Waals surface area contributed by atoms with Crippen molar-refractivity contribution in [3.8, 4) is 11.4 Å². The third kappa shape index (κ3) is 4.53. The van der Waals surface area contributed by atoms with Crippen LogP contribution in [0.25, 0.3) is 27.0 Å². The number of benzene rings is 2. The molecule has 0 aliphatic heterocycles. The summed E-state index contributed by atoms with van der Waals surface area (Å²) in [4.78, 5) is 21.0. The number of fused-ring (bicyclic) bond motifs is 1. The molecule has 1 amide bonds. The fourth-order valence-corrected chi connectivity index (χ4v) is 4.59. The van der Waals surface area contributed by atoms with E-state index in [9.17, 15) is 13.2 Å². The van der Waals surface area contributed by atoms with Crippen LogP contribution in [0.15, 0.2) is 88.4 Å². The van der Waals surface area contributed by atoms with Crippen molar-refractivity contribution in [3.63, 3.8) is 0 Å². The first kappa shape index (κ1) is 23.2. The lowest BCUT2D eigenvalue weighted by molar-refractivity contribution is -0.364. The van der Waals surface area contributed by atoms with Crippen LogP contribution in [0, 0.1) is 13.8 Å². The molecule has 0 atom stereocenters. The van der Waals surface area contributed by atoms with Crippen molar-refractivity contribution >= 4 is 38.4 Å². The van der Waals surface area contributed by atoms with Crippen LogP contribution in [0.4, 0.5) is 11.6 Å². The van der Waals surface area contributed by atoms with Gasteiger partial charge in [0.25, 0.3) is 5.91 Å². The van der Waals surface area contributed by atoms with E-state index >= 15 is 0 Å². The molecule has 3 heterocycles. The Hall–Kier alpha value is -4.57. The quantitative estimate of drug-likeness (QED) is 0.351. The molecule has 0 aliphatic carbocycles. The summed E-state index contributed by atoms with van der Waals surface area (Å²) in [5.74, 6) is -0.403. The lowest BCUT2D eigenvalue weighted by atomic mass is 10.1. The standard InChI is InChI=1S/C26H21N5O4S/c1-16-17(2)30-35-26(16)31-36(33,34)19-12-10-18(11-13-19)28-25(32)21-15-24(23-9-5-6-14-27-23)29-22-8-4-3-7-20(21)22/h3-15H,1-2H3,(H2,28,30,31,32). The second-order valence-electron chi connectivity index (χ2n) is 8.09. The minimum absolute atomic E-state index is 0.0368. The Balaban J connectivity index is 1.41. The molecule has 3 aromatic heterocycles. The number of pyridine rings is 2. The summed E-state index contributed by atoms with van der Waals surface area (Å²) < 4.78 is 34.1. The van der Waals surface area contributed by atoms with Crippen LogP contribution in [-0.4, -0.2) is 24.5 Å².